The molecule has 5 atom stereocenters. The number of nitrogens with zero attached hydrogens (tertiary/aromatic N) is 3. The number of hydrogen-bond donors (Lipinski definition) is 2. The normalized spacial score (nSPS) is 34.8. The van der Waals surface area contributed by atoms with Gasteiger partial charge in [-0.3, -0.25) is 0 Å². The van der Waals surface area contributed by atoms with Gasteiger partial charge in [0.25, 0.3) is 0 Å². The minimum absolute atomic E-state index is 0.363. The van der Waals surface area contributed by atoms with Crippen LogP contribution in [-0.2, 0) is 14.2 Å². The van der Waals surface area contributed by atoms with Crippen molar-refractivity contribution in [2.75, 3.05) is 20.3 Å². The van der Waals surface area contributed by atoms with Gasteiger partial charge in [0.2, 0.25) is 0 Å². The fraction of sp³-hybridized carbons (Fsp3) is 1.00. The number of methoxy groups -OCH3 is 1. The molecule has 4 unspecified atom stereocenters. The van der Waals surface area contributed by atoms with Gasteiger partial charge in [-0.2, -0.15) is 0 Å². The van der Waals surface area contributed by atoms with Crippen LogP contribution in [0.3, 0.4) is 0 Å². The van der Waals surface area contributed by atoms with E-state index in [4.69, 9.17) is 19.7 Å². The molecule has 110 valence electrons. The third-order valence-corrected chi connectivity index (χ3v) is 3.05. The lowest BCUT2D eigenvalue weighted by atomic mass is 9.97. The highest BCUT2D eigenvalue weighted by Gasteiger charge is 2.45. The minimum atomic E-state index is -1.07. The van der Waals surface area contributed by atoms with Crippen molar-refractivity contribution in [2.24, 2.45) is 5.11 Å². The lowest BCUT2D eigenvalue weighted by Gasteiger charge is -2.41. The van der Waals surface area contributed by atoms with Crippen molar-refractivity contribution in [3.05, 3.63) is 10.4 Å². The topological polar surface area (TPSA) is 117 Å². The smallest absolute Gasteiger partial charge is 0.168 e. The van der Waals surface area contributed by atoms with Crippen LogP contribution < -0.4 is 0 Å². The number of aliphatic hydroxyl groups is 2. The summed E-state index contributed by atoms with van der Waals surface area (Å²) in [6, 6.07) is -0.787. The van der Waals surface area contributed by atoms with Crippen LogP contribution in [0.2, 0.25) is 0 Å². The summed E-state index contributed by atoms with van der Waals surface area (Å²) in [5.41, 5.74) is 8.59. The molecule has 0 radical (unpaired) electrons. The van der Waals surface area contributed by atoms with Crippen LogP contribution in [0, 0.1) is 0 Å². The molecule has 1 saturated heterocycles. The molecule has 8 nitrogen and oxygen atoms in total. The predicted molar refractivity (Wildman–Crippen MR) is 66.3 cm³/mol. The Kier molecular flexibility index (Phi) is 7.07. The Hall–Kier alpha value is -0.890. The molecule has 0 bridgehead atoms. The summed E-state index contributed by atoms with van der Waals surface area (Å²) in [6.45, 7) is 2.09. The highest BCUT2D eigenvalue weighted by atomic mass is 16.7. The van der Waals surface area contributed by atoms with Crippen LogP contribution in [0.1, 0.15) is 19.8 Å². The first kappa shape index (κ1) is 16.2. The lowest BCUT2D eigenvalue weighted by molar-refractivity contribution is -0.265. The molecule has 0 aromatic heterocycles. The van der Waals surface area contributed by atoms with Crippen LogP contribution in [0.5, 0.6) is 0 Å². The lowest BCUT2D eigenvalue weighted by Crippen LogP contribution is -2.59. The zero-order valence-electron chi connectivity index (χ0n) is 11.2. The number of azide groups is 1. The molecule has 19 heavy (non-hydrogen) atoms. The summed E-state index contributed by atoms with van der Waals surface area (Å²) in [7, 11) is 1.40. The Balaban J connectivity index is 2.83. The molecule has 0 saturated carbocycles. The first-order valence-corrected chi connectivity index (χ1v) is 6.32. The van der Waals surface area contributed by atoms with E-state index in [1.807, 2.05) is 6.92 Å². The van der Waals surface area contributed by atoms with E-state index >= 15 is 0 Å². The summed E-state index contributed by atoms with van der Waals surface area (Å²) in [6.07, 6.45) is -1.70. The molecule has 0 aliphatic carbocycles. The maximum Gasteiger partial charge on any atom is 0.168 e. The van der Waals surface area contributed by atoms with Crippen molar-refractivity contribution in [3.8, 4) is 0 Å². The number of unbranched alkanes of at least 4 members (excludes halogenated alkanes) is 1. The van der Waals surface area contributed by atoms with Crippen molar-refractivity contribution in [1.29, 1.82) is 0 Å². The Bertz CT molecular complexity index is 311. The van der Waals surface area contributed by atoms with E-state index in [9.17, 15) is 10.2 Å². The molecule has 8 heteroatoms. The highest BCUT2D eigenvalue weighted by molar-refractivity contribution is 4.94. The first-order valence-electron chi connectivity index (χ1n) is 6.32. The van der Waals surface area contributed by atoms with Gasteiger partial charge in [0.05, 0.1) is 12.7 Å². The maximum absolute atomic E-state index is 10.1. The van der Waals surface area contributed by atoms with Gasteiger partial charge in [-0.25, -0.2) is 0 Å². The number of ether oxygens (including phenoxy) is 3. The minimum Gasteiger partial charge on any atom is -0.394 e. The van der Waals surface area contributed by atoms with Gasteiger partial charge < -0.3 is 24.4 Å². The van der Waals surface area contributed by atoms with Crippen LogP contribution in [0.25, 0.3) is 10.4 Å². The maximum atomic E-state index is 10.1. The predicted octanol–water partition coefficient (Wildman–Crippen LogP) is 0.575. The van der Waals surface area contributed by atoms with Crippen LogP contribution in [0.15, 0.2) is 5.11 Å². The van der Waals surface area contributed by atoms with E-state index in [-0.39, 0.29) is 6.61 Å². The van der Waals surface area contributed by atoms with Gasteiger partial charge in [-0.15, -0.1) is 0 Å². The van der Waals surface area contributed by atoms with Gasteiger partial charge in [0.15, 0.2) is 6.29 Å². The first-order chi connectivity index (χ1) is 9.19. The molecule has 0 spiro atoms. The molecule has 0 aromatic rings. The van der Waals surface area contributed by atoms with E-state index in [1.54, 1.807) is 0 Å². The van der Waals surface area contributed by atoms with Gasteiger partial charge in [-0.1, -0.05) is 18.5 Å². The Morgan fingerprint density at radius 2 is 2.21 bits per heavy atom. The zero-order valence-corrected chi connectivity index (χ0v) is 11.2. The second-order valence-corrected chi connectivity index (χ2v) is 4.34. The zero-order chi connectivity index (χ0) is 14.3. The number of hydrogen-bond acceptors (Lipinski definition) is 6. The van der Waals surface area contributed by atoms with Crippen molar-refractivity contribution < 1.29 is 24.4 Å². The molecule has 1 aliphatic rings. The molecule has 0 amide bonds. The summed E-state index contributed by atoms with van der Waals surface area (Å²) >= 11 is 0. The fourth-order valence-electron chi connectivity index (χ4n) is 1.99. The van der Waals surface area contributed by atoms with Crippen molar-refractivity contribution in [3.63, 3.8) is 0 Å². The van der Waals surface area contributed by atoms with Crippen LogP contribution in [-0.4, -0.2) is 61.2 Å². The van der Waals surface area contributed by atoms with Crippen molar-refractivity contribution in [2.45, 2.75) is 50.4 Å². The third kappa shape index (κ3) is 4.04. The van der Waals surface area contributed by atoms with E-state index in [0.29, 0.717) is 6.61 Å². The number of aliphatic hydroxyl groups excluding tert-OH is 2. The largest absolute Gasteiger partial charge is 0.394 e. The van der Waals surface area contributed by atoms with Gasteiger partial charge >= 0.3 is 0 Å². The van der Waals surface area contributed by atoms with E-state index < -0.39 is 30.6 Å². The average molecular weight is 275 g/mol. The van der Waals surface area contributed by atoms with Gasteiger partial charge in [0, 0.05) is 18.6 Å². The molecule has 2 N–H and O–H groups in total. The molecule has 1 rings (SSSR count). The highest BCUT2D eigenvalue weighted by Crippen LogP contribution is 2.26. The van der Waals surface area contributed by atoms with Crippen molar-refractivity contribution in [1.82, 2.24) is 0 Å². The molecular formula is C11H21N3O5. The number of rotatable bonds is 7. The Morgan fingerprint density at radius 1 is 1.47 bits per heavy atom. The quantitative estimate of drug-likeness (QED) is 0.305. The van der Waals surface area contributed by atoms with Crippen LogP contribution in [0.4, 0.5) is 0 Å². The summed E-state index contributed by atoms with van der Waals surface area (Å²) in [4.78, 5) is 2.73. The fourth-order valence-corrected chi connectivity index (χ4v) is 1.99. The Morgan fingerprint density at radius 3 is 2.74 bits per heavy atom. The average Bonchev–Trinajstić information content (AvgIpc) is 2.42. The molecule has 1 heterocycles. The van der Waals surface area contributed by atoms with Crippen LogP contribution >= 0.6 is 0 Å². The third-order valence-electron chi connectivity index (χ3n) is 3.05. The second-order valence-electron chi connectivity index (χ2n) is 4.34. The van der Waals surface area contributed by atoms with E-state index in [2.05, 4.69) is 10.0 Å². The summed E-state index contributed by atoms with van der Waals surface area (Å²) in [5.74, 6) is 0. The SMILES string of the molecule is CCCCOC1C(N=[N+]=[N-])C(OC)OC(CO)[C@H]1O. The molecule has 0 aromatic carbocycles. The monoisotopic (exact) mass is 275 g/mol. The second kappa shape index (κ2) is 8.31. The van der Waals surface area contributed by atoms with Crippen molar-refractivity contribution >= 4 is 0 Å². The summed E-state index contributed by atoms with van der Waals surface area (Å²) < 4.78 is 16.0. The van der Waals surface area contributed by atoms with Gasteiger partial charge in [-0.05, 0) is 12.0 Å². The molecular weight excluding hydrogens is 254 g/mol. The summed E-state index contributed by atoms with van der Waals surface area (Å²) in [5, 5.41) is 22.8. The molecule has 1 aliphatic heterocycles. The standard InChI is InChI=1S/C11H21N3O5/c1-3-4-5-18-10-8(13-14-12)11(17-2)19-7(6-15)9(10)16/h7-11,15-16H,3-6H2,1-2H3/t7?,8?,9-,10?,11?/m1/s1. The molecule has 1 fully saturated rings. The van der Waals surface area contributed by atoms with E-state index in [0.717, 1.165) is 12.8 Å². The van der Waals surface area contributed by atoms with E-state index in [1.165, 1.54) is 7.11 Å². The van der Waals surface area contributed by atoms with Gasteiger partial charge in [0.1, 0.15) is 18.2 Å². The Labute approximate surface area is 111 Å².